The van der Waals surface area contributed by atoms with E-state index in [1.807, 2.05) is 0 Å². The Hall–Kier alpha value is -1.34. The molecule has 0 aliphatic heterocycles. The minimum absolute atomic E-state index is 0.124. The van der Waals surface area contributed by atoms with Gasteiger partial charge in [-0.25, -0.2) is 13.1 Å². The predicted octanol–water partition coefficient (Wildman–Crippen LogP) is 2.48. The van der Waals surface area contributed by atoms with Gasteiger partial charge in [-0.15, -0.1) is 0 Å². The first-order valence-corrected chi connectivity index (χ1v) is 8.42. The molecule has 0 fully saturated rings. The number of aliphatic hydroxyl groups excluding tert-OH is 1. The highest BCUT2D eigenvalue weighted by molar-refractivity contribution is 7.88. The number of sulfonamides is 1. The summed E-state index contributed by atoms with van der Waals surface area (Å²) in [6, 6.07) is 9.94. The van der Waals surface area contributed by atoms with Crippen LogP contribution in [0.4, 0.5) is 0 Å². The van der Waals surface area contributed by atoms with Gasteiger partial charge in [-0.05, 0) is 36.2 Å². The molecule has 2 N–H and O–H groups in total. The minimum atomic E-state index is -3.45. The maximum atomic E-state index is 11.9. The summed E-state index contributed by atoms with van der Waals surface area (Å²) in [5.74, 6) is 0.299. The molecule has 7 heteroatoms. The fourth-order valence-corrected chi connectivity index (χ4v) is 3.11. The largest absolute Gasteiger partial charge is 0.467 e. The SMILES string of the molecule is O=S(=O)(Cc1ccc(Cl)cc1)NCCC(O)c1ccco1. The molecule has 0 amide bonds. The average Bonchev–Trinajstić information content (AvgIpc) is 2.95. The summed E-state index contributed by atoms with van der Waals surface area (Å²) in [5.41, 5.74) is 0.651. The third kappa shape index (κ3) is 5.17. The topological polar surface area (TPSA) is 79.5 Å². The first-order valence-electron chi connectivity index (χ1n) is 6.39. The van der Waals surface area contributed by atoms with E-state index in [0.717, 1.165) is 0 Å². The molecule has 0 radical (unpaired) electrons. The summed E-state index contributed by atoms with van der Waals surface area (Å²) >= 11 is 5.75. The van der Waals surface area contributed by atoms with Gasteiger partial charge in [0, 0.05) is 11.6 Å². The Morgan fingerprint density at radius 2 is 1.95 bits per heavy atom. The summed E-state index contributed by atoms with van der Waals surface area (Å²) in [7, 11) is -3.45. The van der Waals surface area contributed by atoms with E-state index in [-0.39, 0.29) is 18.7 Å². The molecule has 1 atom stereocenters. The van der Waals surface area contributed by atoms with E-state index in [0.29, 0.717) is 16.3 Å². The Kier molecular flexibility index (Phi) is 5.41. The molecular formula is C14H16ClNO4S. The summed E-state index contributed by atoms with van der Waals surface area (Å²) in [6.07, 6.45) is 0.884. The maximum absolute atomic E-state index is 11.9. The number of aliphatic hydroxyl groups is 1. The molecule has 1 aromatic carbocycles. The number of hydrogen-bond acceptors (Lipinski definition) is 4. The molecule has 1 aromatic heterocycles. The van der Waals surface area contributed by atoms with E-state index >= 15 is 0 Å². The summed E-state index contributed by atoms with van der Waals surface area (Å²) in [6.45, 7) is 0.137. The highest BCUT2D eigenvalue weighted by Gasteiger charge is 2.14. The molecule has 0 saturated heterocycles. The van der Waals surface area contributed by atoms with Gasteiger partial charge in [0.1, 0.15) is 11.9 Å². The number of nitrogens with one attached hydrogen (secondary N) is 1. The fourth-order valence-electron chi connectivity index (χ4n) is 1.83. The van der Waals surface area contributed by atoms with Gasteiger partial charge in [0.15, 0.2) is 0 Å². The fraction of sp³-hybridized carbons (Fsp3) is 0.286. The zero-order chi connectivity index (χ0) is 15.3. The molecule has 1 unspecified atom stereocenters. The highest BCUT2D eigenvalue weighted by atomic mass is 35.5. The normalized spacial score (nSPS) is 13.2. The Labute approximate surface area is 128 Å². The number of rotatable bonds is 7. The van der Waals surface area contributed by atoms with Gasteiger partial charge in [-0.2, -0.15) is 0 Å². The van der Waals surface area contributed by atoms with Crippen molar-refractivity contribution in [1.29, 1.82) is 0 Å². The number of benzene rings is 1. The molecule has 2 rings (SSSR count). The van der Waals surface area contributed by atoms with Gasteiger partial charge in [-0.1, -0.05) is 23.7 Å². The lowest BCUT2D eigenvalue weighted by Crippen LogP contribution is -2.27. The van der Waals surface area contributed by atoms with Crippen LogP contribution in [0.3, 0.4) is 0 Å². The van der Waals surface area contributed by atoms with Crippen molar-refractivity contribution >= 4 is 21.6 Å². The van der Waals surface area contributed by atoms with Gasteiger partial charge in [-0.3, -0.25) is 0 Å². The molecule has 0 saturated carbocycles. The van der Waals surface area contributed by atoms with Crippen LogP contribution in [0, 0.1) is 0 Å². The first-order chi connectivity index (χ1) is 9.96. The average molecular weight is 330 g/mol. The van der Waals surface area contributed by atoms with E-state index in [9.17, 15) is 13.5 Å². The lowest BCUT2D eigenvalue weighted by molar-refractivity contribution is 0.142. The van der Waals surface area contributed by atoms with Gasteiger partial charge in [0.25, 0.3) is 0 Å². The number of hydrogen-bond donors (Lipinski definition) is 2. The van der Waals surface area contributed by atoms with Crippen LogP contribution >= 0.6 is 11.6 Å². The molecule has 0 spiro atoms. The molecule has 5 nitrogen and oxygen atoms in total. The molecule has 1 heterocycles. The van der Waals surface area contributed by atoms with E-state index < -0.39 is 16.1 Å². The van der Waals surface area contributed by atoms with Gasteiger partial charge < -0.3 is 9.52 Å². The lowest BCUT2D eigenvalue weighted by atomic mass is 10.2. The third-order valence-corrected chi connectivity index (χ3v) is 4.49. The second kappa shape index (κ2) is 7.09. The second-order valence-electron chi connectivity index (χ2n) is 4.60. The van der Waals surface area contributed by atoms with E-state index in [2.05, 4.69) is 4.72 Å². The second-order valence-corrected chi connectivity index (χ2v) is 6.84. The quantitative estimate of drug-likeness (QED) is 0.818. The third-order valence-electron chi connectivity index (χ3n) is 2.88. The van der Waals surface area contributed by atoms with Crippen molar-refractivity contribution in [3.8, 4) is 0 Å². The monoisotopic (exact) mass is 329 g/mol. The van der Waals surface area contributed by atoms with Crippen molar-refractivity contribution in [3.63, 3.8) is 0 Å². The van der Waals surface area contributed by atoms with Crippen LogP contribution in [0.1, 0.15) is 23.8 Å². The molecule has 2 aromatic rings. The number of halogens is 1. The standard InChI is InChI=1S/C14H16ClNO4S/c15-12-5-3-11(4-6-12)10-21(18,19)16-8-7-13(17)14-2-1-9-20-14/h1-6,9,13,16-17H,7-8,10H2. The zero-order valence-electron chi connectivity index (χ0n) is 11.2. The van der Waals surface area contributed by atoms with E-state index in [1.54, 1.807) is 36.4 Å². The van der Waals surface area contributed by atoms with Crippen LogP contribution in [0.2, 0.25) is 5.02 Å². The van der Waals surface area contributed by atoms with E-state index in [1.165, 1.54) is 6.26 Å². The molecule has 0 aliphatic carbocycles. The molecule has 0 aliphatic rings. The van der Waals surface area contributed by atoms with Crippen molar-refractivity contribution in [1.82, 2.24) is 4.72 Å². The van der Waals surface area contributed by atoms with Crippen LogP contribution < -0.4 is 4.72 Å². The Morgan fingerprint density at radius 1 is 1.24 bits per heavy atom. The van der Waals surface area contributed by atoms with Crippen molar-refractivity contribution in [2.24, 2.45) is 0 Å². The van der Waals surface area contributed by atoms with Crippen molar-refractivity contribution < 1.29 is 17.9 Å². The molecule has 0 bridgehead atoms. The summed E-state index contributed by atoms with van der Waals surface area (Å²) in [4.78, 5) is 0. The van der Waals surface area contributed by atoms with Gasteiger partial charge in [0.2, 0.25) is 10.0 Å². The van der Waals surface area contributed by atoms with E-state index in [4.69, 9.17) is 16.0 Å². The number of furan rings is 1. The zero-order valence-corrected chi connectivity index (χ0v) is 12.8. The van der Waals surface area contributed by atoms with Crippen molar-refractivity contribution in [2.75, 3.05) is 6.54 Å². The molecule has 114 valence electrons. The minimum Gasteiger partial charge on any atom is -0.467 e. The predicted molar refractivity (Wildman–Crippen MR) is 80.4 cm³/mol. The Bertz CT molecular complexity index is 653. The molecular weight excluding hydrogens is 314 g/mol. The lowest BCUT2D eigenvalue weighted by Gasteiger charge is -2.09. The highest BCUT2D eigenvalue weighted by Crippen LogP contribution is 2.16. The Balaban J connectivity index is 1.82. The maximum Gasteiger partial charge on any atom is 0.215 e. The van der Waals surface area contributed by atoms with Crippen molar-refractivity contribution in [3.05, 3.63) is 59.0 Å². The van der Waals surface area contributed by atoms with Crippen LogP contribution in [-0.2, 0) is 15.8 Å². The van der Waals surface area contributed by atoms with Crippen LogP contribution in [0.15, 0.2) is 47.1 Å². The summed E-state index contributed by atoms with van der Waals surface area (Å²) in [5, 5.41) is 10.3. The Morgan fingerprint density at radius 3 is 2.57 bits per heavy atom. The summed E-state index contributed by atoms with van der Waals surface area (Å²) < 4.78 is 31.3. The van der Waals surface area contributed by atoms with Gasteiger partial charge in [0.05, 0.1) is 12.0 Å². The van der Waals surface area contributed by atoms with Crippen LogP contribution in [0.25, 0.3) is 0 Å². The molecule has 21 heavy (non-hydrogen) atoms. The van der Waals surface area contributed by atoms with Crippen molar-refractivity contribution in [2.45, 2.75) is 18.3 Å². The first kappa shape index (κ1) is 16.0. The smallest absolute Gasteiger partial charge is 0.215 e. The van der Waals surface area contributed by atoms with Crippen LogP contribution in [-0.4, -0.2) is 20.1 Å². The van der Waals surface area contributed by atoms with Gasteiger partial charge >= 0.3 is 0 Å². The van der Waals surface area contributed by atoms with Crippen LogP contribution in [0.5, 0.6) is 0 Å².